The lowest BCUT2D eigenvalue weighted by Crippen LogP contribution is -2.14. The molecule has 0 bridgehead atoms. The molecule has 4 heteroatoms. The molecule has 0 unspecified atom stereocenters. The van der Waals surface area contributed by atoms with Crippen molar-refractivity contribution in [3.63, 3.8) is 0 Å². The molecule has 0 radical (unpaired) electrons. The molecule has 0 saturated heterocycles. The van der Waals surface area contributed by atoms with E-state index < -0.39 is 11.8 Å². The molecule has 4 nitrogen and oxygen atoms in total. The maximum atomic E-state index is 10.6. The highest BCUT2D eigenvalue weighted by Crippen LogP contribution is 2.31. The molecule has 0 aliphatic heterocycles. The van der Waals surface area contributed by atoms with E-state index >= 15 is 0 Å². The molecule has 0 spiro atoms. The highest BCUT2D eigenvalue weighted by molar-refractivity contribution is 5.99. The lowest BCUT2D eigenvalue weighted by molar-refractivity contribution is 0.0999. The van der Waals surface area contributed by atoms with Crippen molar-refractivity contribution >= 4 is 45.5 Å². The first-order valence-electron chi connectivity index (χ1n) is 13.4. The smallest absolute Gasteiger partial charge is 0.248 e. The van der Waals surface area contributed by atoms with E-state index in [-0.39, 0.29) is 11.1 Å². The van der Waals surface area contributed by atoms with Crippen molar-refractivity contribution in [1.82, 2.24) is 0 Å². The van der Waals surface area contributed by atoms with Gasteiger partial charge in [-0.25, -0.2) is 0 Å². The van der Waals surface area contributed by atoms with Gasteiger partial charge >= 0.3 is 0 Å². The summed E-state index contributed by atoms with van der Waals surface area (Å²) in [5.74, 6) is -1.14. The lowest BCUT2D eigenvalue weighted by Gasteiger charge is -2.14. The first kappa shape index (κ1) is 26.6. The maximum Gasteiger partial charge on any atom is 0.248 e. The lowest BCUT2D eigenvalue weighted by atomic mass is 9.90. The number of benzene rings is 5. The molecule has 0 heterocycles. The fourth-order valence-electron chi connectivity index (χ4n) is 5.38. The highest BCUT2D eigenvalue weighted by Gasteiger charge is 2.10. The van der Waals surface area contributed by atoms with Crippen LogP contribution in [0.25, 0.3) is 33.7 Å². The average molecular weight is 525 g/mol. The number of allylic oxidation sites excluding steroid dienone is 2. The van der Waals surface area contributed by atoms with Crippen LogP contribution in [0.5, 0.6) is 0 Å². The highest BCUT2D eigenvalue weighted by atomic mass is 16.1. The van der Waals surface area contributed by atoms with E-state index in [0.717, 1.165) is 12.8 Å². The SMILES string of the molecule is Cc1ccc2cccc3c2c1C=CC3.Cc1ccc2cccc3c2c1C=CC3.NC(=O)c1cccc(C(N)=O)c1. The topological polar surface area (TPSA) is 86.2 Å². The number of carbonyl (C=O) groups excluding carboxylic acids is 2. The number of aryl methyl sites for hydroxylation is 2. The Morgan fingerprint density at radius 1 is 0.575 bits per heavy atom. The Balaban J connectivity index is 0.000000122. The van der Waals surface area contributed by atoms with Crippen LogP contribution in [-0.2, 0) is 12.8 Å². The zero-order valence-electron chi connectivity index (χ0n) is 22.8. The number of rotatable bonds is 2. The Hall–Kier alpha value is -4.96. The number of nitrogens with two attached hydrogens (primary N) is 2. The zero-order valence-corrected chi connectivity index (χ0v) is 22.8. The summed E-state index contributed by atoms with van der Waals surface area (Å²) in [5.41, 5.74) is 19.0. The van der Waals surface area contributed by atoms with Crippen molar-refractivity contribution < 1.29 is 9.59 Å². The summed E-state index contributed by atoms with van der Waals surface area (Å²) < 4.78 is 0. The fraction of sp³-hybridized carbons (Fsp3) is 0.111. The second kappa shape index (κ2) is 11.4. The van der Waals surface area contributed by atoms with Gasteiger partial charge in [-0.1, -0.05) is 91.0 Å². The minimum Gasteiger partial charge on any atom is -0.366 e. The second-order valence-electron chi connectivity index (χ2n) is 10.1. The van der Waals surface area contributed by atoms with E-state index in [0.29, 0.717) is 0 Å². The molecule has 2 amide bonds. The van der Waals surface area contributed by atoms with Crippen molar-refractivity contribution in [2.45, 2.75) is 26.7 Å². The van der Waals surface area contributed by atoms with E-state index in [1.807, 2.05) is 0 Å². The number of hydrogen-bond acceptors (Lipinski definition) is 2. The first-order chi connectivity index (χ1) is 19.3. The van der Waals surface area contributed by atoms with Crippen LogP contribution in [0.1, 0.15) is 54.1 Å². The van der Waals surface area contributed by atoms with E-state index in [2.05, 4.69) is 98.8 Å². The largest absolute Gasteiger partial charge is 0.366 e. The molecule has 2 aliphatic carbocycles. The minimum absolute atomic E-state index is 0.284. The van der Waals surface area contributed by atoms with Gasteiger partial charge in [-0.2, -0.15) is 0 Å². The summed E-state index contributed by atoms with van der Waals surface area (Å²) in [4.78, 5) is 21.3. The number of hydrogen-bond donors (Lipinski definition) is 2. The van der Waals surface area contributed by atoms with Gasteiger partial charge in [-0.3, -0.25) is 9.59 Å². The predicted octanol–water partition coefficient (Wildman–Crippen LogP) is 7.32. The Morgan fingerprint density at radius 2 is 1.00 bits per heavy atom. The number of primary amides is 2. The van der Waals surface area contributed by atoms with Crippen LogP contribution >= 0.6 is 0 Å². The summed E-state index contributed by atoms with van der Waals surface area (Å²) in [6, 6.07) is 28.0. The van der Waals surface area contributed by atoms with Gasteiger partial charge in [0.15, 0.2) is 0 Å². The van der Waals surface area contributed by atoms with Crippen molar-refractivity contribution in [2.75, 3.05) is 0 Å². The summed E-state index contributed by atoms with van der Waals surface area (Å²) in [7, 11) is 0. The molecule has 7 rings (SSSR count). The Labute approximate surface area is 234 Å². The number of amides is 2. The van der Waals surface area contributed by atoms with Gasteiger partial charge in [-0.15, -0.1) is 0 Å². The molecule has 0 aromatic heterocycles. The maximum absolute atomic E-state index is 10.6. The molecule has 40 heavy (non-hydrogen) atoms. The van der Waals surface area contributed by atoms with Crippen molar-refractivity contribution in [2.24, 2.45) is 11.5 Å². The average Bonchev–Trinajstić information content (AvgIpc) is 2.98. The van der Waals surface area contributed by atoms with E-state index in [4.69, 9.17) is 11.5 Å². The van der Waals surface area contributed by atoms with Gasteiger partial charge in [-0.05, 0) is 99.8 Å². The minimum atomic E-state index is -0.571. The van der Waals surface area contributed by atoms with Gasteiger partial charge < -0.3 is 11.5 Å². The summed E-state index contributed by atoms with van der Waals surface area (Å²) in [5, 5.41) is 5.64. The summed E-state index contributed by atoms with van der Waals surface area (Å²) in [6.07, 6.45) is 11.2. The normalized spacial score (nSPS) is 12.2. The quantitative estimate of drug-likeness (QED) is 0.253. The standard InChI is InChI=1S/2C14H12.C8H8N2O2/c2*1-10-8-9-12-5-2-4-11-6-3-7-13(10)14(11)12;9-7(11)5-2-1-3-6(4-5)8(10)12/h2*2-5,7-9H,6H2,1H3;1-4H,(H2,9,11)(H2,10,12). The van der Waals surface area contributed by atoms with Crippen LogP contribution in [-0.4, -0.2) is 11.8 Å². The van der Waals surface area contributed by atoms with Gasteiger partial charge in [0, 0.05) is 11.1 Å². The van der Waals surface area contributed by atoms with Crippen molar-refractivity contribution in [3.05, 3.63) is 142 Å². The first-order valence-corrected chi connectivity index (χ1v) is 13.4. The Bertz CT molecular complexity index is 1700. The van der Waals surface area contributed by atoms with Gasteiger partial charge in [0.1, 0.15) is 0 Å². The Morgan fingerprint density at radius 3 is 1.43 bits per heavy atom. The molecule has 0 fully saturated rings. The third-order valence-electron chi connectivity index (χ3n) is 7.46. The van der Waals surface area contributed by atoms with Crippen LogP contribution in [0.15, 0.2) is 97.1 Å². The van der Waals surface area contributed by atoms with Crippen LogP contribution < -0.4 is 11.5 Å². The molecule has 5 aromatic carbocycles. The fourth-order valence-corrected chi connectivity index (χ4v) is 5.38. The van der Waals surface area contributed by atoms with Crippen LogP contribution in [0.3, 0.4) is 0 Å². The van der Waals surface area contributed by atoms with E-state index in [1.165, 1.54) is 73.1 Å². The molecular weight excluding hydrogens is 492 g/mol. The Kier molecular flexibility index (Phi) is 7.61. The molecule has 4 N–H and O–H groups in total. The number of carbonyl (C=O) groups is 2. The van der Waals surface area contributed by atoms with Gasteiger partial charge in [0.05, 0.1) is 0 Å². The van der Waals surface area contributed by atoms with Crippen molar-refractivity contribution in [3.8, 4) is 0 Å². The molecule has 0 atom stereocenters. The zero-order chi connectivity index (χ0) is 28.2. The van der Waals surface area contributed by atoms with Crippen LogP contribution in [0, 0.1) is 13.8 Å². The summed E-state index contributed by atoms with van der Waals surface area (Å²) >= 11 is 0. The van der Waals surface area contributed by atoms with Crippen LogP contribution in [0.2, 0.25) is 0 Å². The van der Waals surface area contributed by atoms with E-state index in [1.54, 1.807) is 6.07 Å². The van der Waals surface area contributed by atoms with Gasteiger partial charge in [0.2, 0.25) is 11.8 Å². The van der Waals surface area contributed by atoms with Crippen molar-refractivity contribution in [1.29, 1.82) is 0 Å². The van der Waals surface area contributed by atoms with Gasteiger partial charge in [0.25, 0.3) is 0 Å². The predicted molar refractivity (Wildman–Crippen MR) is 166 cm³/mol. The third kappa shape index (κ3) is 5.43. The summed E-state index contributed by atoms with van der Waals surface area (Å²) in [6.45, 7) is 4.36. The van der Waals surface area contributed by atoms with Crippen LogP contribution in [0.4, 0.5) is 0 Å². The van der Waals surface area contributed by atoms with E-state index in [9.17, 15) is 9.59 Å². The molecule has 5 aromatic rings. The second-order valence-corrected chi connectivity index (χ2v) is 10.1. The monoisotopic (exact) mass is 524 g/mol. The molecule has 0 saturated carbocycles. The molecule has 198 valence electrons. The molecule has 2 aliphatic rings. The molecular formula is C36H32N2O2. The third-order valence-corrected chi connectivity index (χ3v) is 7.46.